The van der Waals surface area contributed by atoms with E-state index in [2.05, 4.69) is 11.9 Å². The van der Waals surface area contributed by atoms with Crippen LogP contribution in [0, 0.1) is 30.9 Å². The topological polar surface area (TPSA) is 97.5 Å². The molecule has 154 valence electrons. The first kappa shape index (κ1) is 21.1. The number of amides is 2. The fourth-order valence-corrected chi connectivity index (χ4v) is 3.66. The number of nitro benzene ring substituents is 1. The molecule has 2 amide bonds. The molecule has 1 fully saturated rings. The van der Waals surface area contributed by atoms with Crippen LogP contribution in [0.15, 0.2) is 42.5 Å². The normalized spacial score (nSPS) is 15.5. The standard InChI is InChI=1S/C21H20N4O4S/c1-5-8-23-20(27)17(19(26)22-21(23)30)10-15-9-13(3)24(14(15)4)16-7-6-12(2)18(11-16)25(28)29/h5-7,9-11H,1,8H2,2-4H3,(H,22,26,30)/b17-10+. The van der Waals surface area contributed by atoms with Crippen molar-refractivity contribution in [1.29, 1.82) is 0 Å². The number of nitrogens with one attached hydrogen (secondary N) is 1. The zero-order chi connectivity index (χ0) is 22.2. The Bertz CT molecular complexity index is 1150. The maximum Gasteiger partial charge on any atom is 0.274 e. The largest absolute Gasteiger partial charge is 0.318 e. The Balaban J connectivity index is 2.08. The van der Waals surface area contributed by atoms with E-state index in [4.69, 9.17) is 12.2 Å². The Morgan fingerprint density at radius 1 is 1.23 bits per heavy atom. The summed E-state index contributed by atoms with van der Waals surface area (Å²) in [5.41, 5.74) is 3.37. The van der Waals surface area contributed by atoms with E-state index in [1.807, 2.05) is 24.5 Å². The van der Waals surface area contributed by atoms with E-state index < -0.39 is 16.7 Å². The molecular formula is C21H20N4O4S. The summed E-state index contributed by atoms with van der Waals surface area (Å²) < 4.78 is 1.84. The number of hydrogen-bond donors (Lipinski definition) is 1. The van der Waals surface area contributed by atoms with Crippen molar-refractivity contribution in [2.45, 2.75) is 20.8 Å². The van der Waals surface area contributed by atoms with Crippen molar-refractivity contribution >= 4 is 40.9 Å². The van der Waals surface area contributed by atoms with Crippen LogP contribution in [0.2, 0.25) is 0 Å². The van der Waals surface area contributed by atoms with Gasteiger partial charge in [0.2, 0.25) is 0 Å². The molecule has 1 saturated heterocycles. The van der Waals surface area contributed by atoms with Crippen LogP contribution < -0.4 is 5.32 Å². The van der Waals surface area contributed by atoms with Gasteiger partial charge in [0.15, 0.2) is 5.11 Å². The van der Waals surface area contributed by atoms with Crippen LogP contribution in [0.4, 0.5) is 5.69 Å². The fourth-order valence-electron chi connectivity index (χ4n) is 3.41. The highest BCUT2D eigenvalue weighted by atomic mass is 32.1. The second kappa shape index (κ2) is 8.03. The molecule has 0 radical (unpaired) electrons. The van der Waals surface area contributed by atoms with Crippen molar-refractivity contribution in [2.75, 3.05) is 6.54 Å². The highest BCUT2D eigenvalue weighted by Crippen LogP contribution is 2.27. The number of rotatable bonds is 5. The number of aryl methyl sites for hydroxylation is 2. The van der Waals surface area contributed by atoms with Crippen LogP contribution in [-0.4, -0.2) is 37.9 Å². The van der Waals surface area contributed by atoms with Crippen LogP contribution in [0.25, 0.3) is 11.8 Å². The van der Waals surface area contributed by atoms with Crippen LogP contribution >= 0.6 is 12.2 Å². The lowest BCUT2D eigenvalue weighted by atomic mass is 10.1. The molecule has 0 saturated carbocycles. The predicted molar refractivity (Wildman–Crippen MR) is 117 cm³/mol. The number of carbonyl (C=O) groups is 2. The van der Waals surface area contributed by atoms with Gasteiger partial charge in [-0.3, -0.25) is 29.9 Å². The van der Waals surface area contributed by atoms with Gasteiger partial charge in [-0.25, -0.2) is 0 Å². The summed E-state index contributed by atoms with van der Waals surface area (Å²) in [7, 11) is 0. The Morgan fingerprint density at radius 3 is 2.57 bits per heavy atom. The van der Waals surface area contributed by atoms with E-state index in [1.165, 1.54) is 23.1 Å². The molecule has 2 aromatic rings. The first-order chi connectivity index (χ1) is 14.1. The summed E-state index contributed by atoms with van der Waals surface area (Å²) in [6.07, 6.45) is 3.03. The van der Waals surface area contributed by atoms with Crippen LogP contribution in [0.5, 0.6) is 0 Å². The second-order valence-corrected chi connectivity index (χ2v) is 7.30. The van der Waals surface area contributed by atoms with Crippen molar-refractivity contribution in [2.24, 2.45) is 0 Å². The molecule has 0 spiro atoms. The summed E-state index contributed by atoms with van der Waals surface area (Å²) in [6.45, 7) is 9.14. The third-order valence-corrected chi connectivity index (χ3v) is 5.24. The first-order valence-corrected chi connectivity index (χ1v) is 9.50. The van der Waals surface area contributed by atoms with Gasteiger partial charge in [-0.05, 0) is 56.8 Å². The number of nitro groups is 1. The second-order valence-electron chi connectivity index (χ2n) is 6.91. The zero-order valence-corrected chi connectivity index (χ0v) is 17.6. The molecule has 1 aromatic heterocycles. The molecule has 0 aliphatic carbocycles. The average molecular weight is 424 g/mol. The number of benzene rings is 1. The van der Waals surface area contributed by atoms with Gasteiger partial charge < -0.3 is 4.57 Å². The molecule has 1 aromatic carbocycles. The van der Waals surface area contributed by atoms with Crippen molar-refractivity contribution < 1.29 is 14.5 Å². The molecule has 3 rings (SSSR count). The van der Waals surface area contributed by atoms with E-state index in [-0.39, 0.29) is 22.9 Å². The van der Waals surface area contributed by atoms with E-state index >= 15 is 0 Å². The molecule has 0 atom stereocenters. The summed E-state index contributed by atoms with van der Waals surface area (Å²) >= 11 is 5.06. The van der Waals surface area contributed by atoms with Crippen molar-refractivity contribution in [1.82, 2.24) is 14.8 Å². The van der Waals surface area contributed by atoms with Gasteiger partial charge in [-0.2, -0.15) is 0 Å². The summed E-state index contributed by atoms with van der Waals surface area (Å²) in [4.78, 5) is 37.3. The van der Waals surface area contributed by atoms with Gasteiger partial charge in [0.05, 0.1) is 10.6 Å². The quantitative estimate of drug-likeness (QED) is 0.199. The molecular weight excluding hydrogens is 404 g/mol. The Hall–Kier alpha value is -3.59. The minimum atomic E-state index is -0.568. The Labute approximate surface area is 178 Å². The zero-order valence-electron chi connectivity index (χ0n) is 16.8. The molecule has 9 heteroatoms. The van der Waals surface area contributed by atoms with Crippen LogP contribution in [0.3, 0.4) is 0 Å². The van der Waals surface area contributed by atoms with Gasteiger partial charge in [-0.1, -0.05) is 12.1 Å². The van der Waals surface area contributed by atoms with E-state index in [9.17, 15) is 19.7 Å². The smallest absolute Gasteiger partial charge is 0.274 e. The summed E-state index contributed by atoms with van der Waals surface area (Å²) in [5, 5.41) is 13.9. The molecule has 1 aliphatic heterocycles. The van der Waals surface area contributed by atoms with E-state index in [1.54, 1.807) is 19.1 Å². The minimum Gasteiger partial charge on any atom is -0.318 e. The lowest BCUT2D eigenvalue weighted by Gasteiger charge is -2.27. The van der Waals surface area contributed by atoms with E-state index in [0.29, 0.717) is 16.8 Å². The fraction of sp³-hybridized carbons (Fsp3) is 0.190. The minimum absolute atomic E-state index is 0.0234. The van der Waals surface area contributed by atoms with Crippen LogP contribution in [-0.2, 0) is 9.59 Å². The molecule has 0 bridgehead atoms. The monoisotopic (exact) mass is 424 g/mol. The molecule has 1 aliphatic rings. The molecule has 2 heterocycles. The number of carbonyl (C=O) groups excluding carboxylic acids is 2. The summed E-state index contributed by atoms with van der Waals surface area (Å²) in [5.74, 6) is -1.07. The van der Waals surface area contributed by atoms with Crippen molar-refractivity contribution in [3.05, 3.63) is 75.1 Å². The number of nitrogens with zero attached hydrogens (tertiary/aromatic N) is 3. The lowest BCUT2D eigenvalue weighted by molar-refractivity contribution is -0.385. The number of thiocarbonyl (C=S) groups is 1. The van der Waals surface area contributed by atoms with Gasteiger partial charge in [0, 0.05) is 29.6 Å². The third kappa shape index (κ3) is 3.67. The highest BCUT2D eigenvalue weighted by Gasteiger charge is 2.33. The Kier molecular flexibility index (Phi) is 5.66. The molecule has 30 heavy (non-hydrogen) atoms. The number of hydrogen-bond acceptors (Lipinski definition) is 5. The van der Waals surface area contributed by atoms with Crippen molar-refractivity contribution in [3.63, 3.8) is 0 Å². The predicted octanol–water partition coefficient (Wildman–Crippen LogP) is 3.12. The maximum absolute atomic E-state index is 12.8. The molecule has 8 nitrogen and oxygen atoms in total. The third-order valence-electron chi connectivity index (χ3n) is 4.92. The molecule has 1 N–H and O–H groups in total. The average Bonchev–Trinajstić information content (AvgIpc) is 2.96. The van der Waals surface area contributed by atoms with Gasteiger partial charge in [-0.15, -0.1) is 6.58 Å². The Morgan fingerprint density at radius 2 is 1.93 bits per heavy atom. The highest BCUT2D eigenvalue weighted by molar-refractivity contribution is 7.80. The van der Waals surface area contributed by atoms with Crippen molar-refractivity contribution in [3.8, 4) is 5.69 Å². The maximum atomic E-state index is 12.8. The molecule has 0 unspecified atom stereocenters. The SMILES string of the molecule is C=CCN1C(=O)/C(=C/c2cc(C)n(-c3ccc(C)c([N+](=O)[O-])c3)c2C)C(=O)NC1=S. The number of aromatic nitrogens is 1. The van der Waals surface area contributed by atoms with Gasteiger partial charge >= 0.3 is 0 Å². The first-order valence-electron chi connectivity index (χ1n) is 9.09. The van der Waals surface area contributed by atoms with E-state index in [0.717, 1.165) is 11.4 Å². The van der Waals surface area contributed by atoms with Crippen LogP contribution in [0.1, 0.15) is 22.5 Å². The summed E-state index contributed by atoms with van der Waals surface area (Å²) in [6, 6.07) is 6.81. The van der Waals surface area contributed by atoms with Gasteiger partial charge in [0.25, 0.3) is 17.5 Å². The lowest BCUT2D eigenvalue weighted by Crippen LogP contribution is -2.53. The van der Waals surface area contributed by atoms with Gasteiger partial charge in [0.1, 0.15) is 5.57 Å².